The Kier molecular flexibility index (Phi) is 2.87. The van der Waals surface area contributed by atoms with Gasteiger partial charge in [-0.3, -0.25) is 0 Å². The lowest BCUT2D eigenvalue weighted by Gasteiger charge is -2.18. The van der Waals surface area contributed by atoms with Crippen LogP contribution in [-0.4, -0.2) is 8.07 Å². The molecule has 0 amide bonds. The molecule has 0 saturated carbocycles. The van der Waals surface area contributed by atoms with Crippen LogP contribution in [-0.2, 0) is 0 Å². The molecule has 0 aliphatic heterocycles. The Morgan fingerprint density at radius 2 is 1.67 bits per heavy atom. The predicted octanol–water partition coefficient (Wildman–Crippen LogP) is 3.54. The van der Waals surface area contributed by atoms with Crippen molar-refractivity contribution in [2.24, 2.45) is 0 Å². The molecule has 66 valence electrons. The van der Waals surface area contributed by atoms with Crippen LogP contribution in [0.25, 0.3) is 0 Å². The van der Waals surface area contributed by atoms with Crippen molar-refractivity contribution in [1.29, 1.82) is 0 Å². The lowest BCUT2D eigenvalue weighted by molar-refractivity contribution is 1.68. The van der Waals surface area contributed by atoms with E-state index in [0.29, 0.717) is 5.02 Å². The molecule has 1 aromatic rings. The van der Waals surface area contributed by atoms with Gasteiger partial charge in [0.2, 0.25) is 0 Å². The summed E-state index contributed by atoms with van der Waals surface area (Å²) in [5.74, 6) is 0. The number of hydrogen-bond donors (Lipinski definition) is 0. The number of rotatable bonds is 1. The molecule has 12 heavy (non-hydrogen) atoms. The van der Waals surface area contributed by atoms with Gasteiger partial charge >= 0.3 is 0 Å². The van der Waals surface area contributed by atoms with Crippen molar-refractivity contribution in [3.05, 3.63) is 28.2 Å². The van der Waals surface area contributed by atoms with Crippen LogP contribution in [0, 0.1) is 0 Å². The second kappa shape index (κ2) is 3.41. The summed E-state index contributed by atoms with van der Waals surface area (Å²) in [5.41, 5.74) is 0. The summed E-state index contributed by atoms with van der Waals surface area (Å²) in [6.07, 6.45) is 0. The molecule has 0 atom stereocenters. The van der Waals surface area contributed by atoms with E-state index in [4.69, 9.17) is 23.2 Å². The molecule has 0 bridgehead atoms. The SMILES string of the molecule is C[Si](C)(C)c1ccc(Cl)cc1Cl. The van der Waals surface area contributed by atoms with Gasteiger partial charge in [-0.25, -0.2) is 0 Å². The normalized spacial score (nSPS) is 11.8. The number of benzene rings is 1. The van der Waals surface area contributed by atoms with Crippen LogP contribution < -0.4 is 5.19 Å². The second-order valence-electron chi connectivity index (χ2n) is 3.87. The lowest BCUT2D eigenvalue weighted by Crippen LogP contribution is -2.38. The maximum absolute atomic E-state index is 6.06. The Balaban J connectivity index is 3.19. The Morgan fingerprint density at radius 3 is 2.08 bits per heavy atom. The average molecular weight is 219 g/mol. The highest BCUT2D eigenvalue weighted by Gasteiger charge is 2.19. The zero-order valence-electron chi connectivity index (χ0n) is 7.49. The fourth-order valence-corrected chi connectivity index (χ4v) is 3.73. The van der Waals surface area contributed by atoms with Crippen LogP contribution in [0.3, 0.4) is 0 Å². The number of halogens is 2. The minimum absolute atomic E-state index is 0.710. The van der Waals surface area contributed by atoms with E-state index in [0.717, 1.165) is 5.02 Å². The van der Waals surface area contributed by atoms with Gasteiger partial charge in [-0.15, -0.1) is 0 Å². The summed E-state index contributed by atoms with van der Waals surface area (Å²) >= 11 is 11.9. The Hall–Kier alpha value is 0.0169. The van der Waals surface area contributed by atoms with Crippen LogP contribution in [0.15, 0.2) is 18.2 Å². The van der Waals surface area contributed by atoms with Crippen molar-refractivity contribution >= 4 is 36.5 Å². The third-order valence-electron chi connectivity index (χ3n) is 1.74. The van der Waals surface area contributed by atoms with Crippen molar-refractivity contribution in [3.63, 3.8) is 0 Å². The summed E-state index contributed by atoms with van der Waals surface area (Å²) in [4.78, 5) is 0. The van der Waals surface area contributed by atoms with Gasteiger partial charge in [-0.05, 0) is 17.3 Å². The Morgan fingerprint density at radius 1 is 1.08 bits per heavy atom. The first-order valence-electron chi connectivity index (χ1n) is 3.87. The highest BCUT2D eigenvalue weighted by atomic mass is 35.5. The summed E-state index contributed by atoms with van der Waals surface area (Å²) in [5, 5.41) is 2.79. The summed E-state index contributed by atoms with van der Waals surface area (Å²) < 4.78 is 0. The molecular weight excluding hydrogens is 207 g/mol. The summed E-state index contributed by atoms with van der Waals surface area (Å²) in [6.45, 7) is 6.80. The molecule has 0 nitrogen and oxygen atoms in total. The van der Waals surface area contributed by atoms with Crippen molar-refractivity contribution < 1.29 is 0 Å². The molecule has 0 fully saturated rings. The molecule has 0 spiro atoms. The van der Waals surface area contributed by atoms with Gasteiger partial charge in [0.1, 0.15) is 0 Å². The summed E-state index contributed by atoms with van der Waals surface area (Å²) in [7, 11) is -1.29. The van der Waals surface area contributed by atoms with Gasteiger partial charge in [0.05, 0.1) is 8.07 Å². The van der Waals surface area contributed by atoms with Crippen LogP contribution >= 0.6 is 23.2 Å². The lowest BCUT2D eigenvalue weighted by atomic mass is 10.4. The van der Waals surface area contributed by atoms with Gasteiger partial charge in [0.25, 0.3) is 0 Å². The number of hydrogen-bond acceptors (Lipinski definition) is 0. The minimum Gasteiger partial charge on any atom is -0.0844 e. The first-order chi connectivity index (χ1) is 5.41. The van der Waals surface area contributed by atoms with Crippen LogP contribution in [0.1, 0.15) is 0 Å². The molecule has 0 N–H and O–H groups in total. The van der Waals surface area contributed by atoms with Gasteiger partial charge in [-0.1, -0.05) is 48.9 Å². The zero-order chi connectivity index (χ0) is 9.35. The van der Waals surface area contributed by atoms with Gasteiger partial charge in [-0.2, -0.15) is 0 Å². The fraction of sp³-hybridized carbons (Fsp3) is 0.333. The van der Waals surface area contributed by atoms with Crippen molar-refractivity contribution in [3.8, 4) is 0 Å². The van der Waals surface area contributed by atoms with Gasteiger partial charge in [0.15, 0.2) is 0 Å². The Bertz CT molecular complexity index is 289. The van der Waals surface area contributed by atoms with Gasteiger partial charge < -0.3 is 0 Å². The average Bonchev–Trinajstić information content (AvgIpc) is 1.83. The second-order valence-corrected chi connectivity index (χ2v) is 9.76. The van der Waals surface area contributed by atoms with E-state index in [1.807, 2.05) is 18.2 Å². The minimum atomic E-state index is -1.29. The first-order valence-corrected chi connectivity index (χ1v) is 8.12. The van der Waals surface area contributed by atoms with E-state index < -0.39 is 8.07 Å². The van der Waals surface area contributed by atoms with Crippen LogP contribution in [0.2, 0.25) is 29.7 Å². The predicted molar refractivity (Wildman–Crippen MR) is 59.4 cm³/mol. The largest absolute Gasteiger partial charge is 0.0844 e. The molecule has 0 heterocycles. The molecule has 0 aliphatic rings. The molecule has 0 radical (unpaired) electrons. The third-order valence-corrected chi connectivity index (χ3v) is 4.50. The van der Waals surface area contributed by atoms with Gasteiger partial charge in [0, 0.05) is 10.0 Å². The molecule has 1 rings (SSSR count). The topological polar surface area (TPSA) is 0 Å². The maximum Gasteiger partial charge on any atom is 0.0795 e. The molecular formula is C9H12Cl2Si. The van der Waals surface area contributed by atoms with E-state index in [1.54, 1.807) is 0 Å². The molecule has 0 aliphatic carbocycles. The standard InChI is InChI=1S/C9H12Cl2Si/c1-12(2,3)9-5-4-7(10)6-8(9)11/h4-6H,1-3H3. The van der Waals surface area contributed by atoms with Crippen molar-refractivity contribution in [2.75, 3.05) is 0 Å². The van der Waals surface area contributed by atoms with E-state index >= 15 is 0 Å². The molecule has 0 aromatic heterocycles. The Labute approximate surface area is 84.5 Å². The first kappa shape index (κ1) is 10.1. The fourth-order valence-electron chi connectivity index (χ4n) is 1.10. The highest BCUT2D eigenvalue weighted by Crippen LogP contribution is 2.17. The monoisotopic (exact) mass is 218 g/mol. The zero-order valence-corrected chi connectivity index (χ0v) is 10.00. The molecule has 0 unspecified atom stereocenters. The maximum atomic E-state index is 6.06. The third kappa shape index (κ3) is 2.25. The van der Waals surface area contributed by atoms with E-state index in [9.17, 15) is 0 Å². The quantitative estimate of drug-likeness (QED) is 0.634. The molecule has 3 heteroatoms. The van der Waals surface area contributed by atoms with Crippen LogP contribution in [0.5, 0.6) is 0 Å². The van der Waals surface area contributed by atoms with E-state index in [-0.39, 0.29) is 0 Å². The molecule has 0 saturated heterocycles. The highest BCUT2D eigenvalue weighted by molar-refractivity contribution is 6.90. The van der Waals surface area contributed by atoms with E-state index in [1.165, 1.54) is 5.19 Å². The van der Waals surface area contributed by atoms with Crippen molar-refractivity contribution in [2.45, 2.75) is 19.6 Å². The molecule has 1 aromatic carbocycles. The summed E-state index contributed by atoms with van der Waals surface area (Å²) in [6, 6.07) is 5.76. The smallest absolute Gasteiger partial charge is 0.0795 e. The van der Waals surface area contributed by atoms with E-state index in [2.05, 4.69) is 19.6 Å². The van der Waals surface area contributed by atoms with Crippen LogP contribution in [0.4, 0.5) is 0 Å². The van der Waals surface area contributed by atoms with Crippen molar-refractivity contribution in [1.82, 2.24) is 0 Å².